The first-order chi connectivity index (χ1) is 8.65. The molecule has 0 atom stereocenters. The van der Waals surface area contributed by atoms with E-state index in [1.165, 1.54) is 0 Å². The average molecular weight is 239 g/mol. The van der Waals surface area contributed by atoms with E-state index in [9.17, 15) is 4.79 Å². The van der Waals surface area contributed by atoms with E-state index in [4.69, 9.17) is 4.42 Å². The number of carbonyl (C=O) groups is 1. The monoisotopic (exact) mass is 239 g/mol. The Morgan fingerprint density at radius 2 is 2.00 bits per heavy atom. The van der Waals surface area contributed by atoms with Crippen LogP contribution in [0.3, 0.4) is 0 Å². The smallest absolute Gasteiger partial charge is 0.256 e. The van der Waals surface area contributed by atoms with E-state index in [0.717, 1.165) is 22.6 Å². The lowest BCUT2D eigenvalue weighted by Gasteiger charge is -1.95. The molecule has 0 spiro atoms. The molecule has 1 aliphatic rings. The molecule has 1 aliphatic heterocycles. The minimum atomic E-state index is -0.0806. The molecule has 1 N–H and O–H groups in total. The summed E-state index contributed by atoms with van der Waals surface area (Å²) in [5.74, 6) is 1.52. The number of anilines is 1. The Balaban J connectivity index is 2.09. The van der Waals surface area contributed by atoms with Gasteiger partial charge in [0.25, 0.3) is 5.91 Å². The Hall–Kier alpha value is -2.29. The van der Waals surface area contributed by atoms with Gasteiger partial charge in [-0.1, -0.05) is 18.2 Å². The first kappa shape index (κ1) is 10.8. The minimum Gasteiger partial charge on any atom is -0.462 e. The Bertz CT molecular complexity index is 645. The molecule has 3 nitrogen and oxygen atoms in total. The number of fused-ring (bicyclic) bond motifs is 1. The van der Waals surface area contributed by atoms with Crippen LogP contribution in [0.5, 0.6) is 0 Å². The molecule has 2 aromatic rings. The van der Waals surface area contributed by atoms with Gasteiger partial charge >= 0.3 is 0 Å². The average Bonchev–Trinajstić information content (AvgIpc) is 2.82. The molecular formula is C15H13NO2. The molecule has 1 aromatic heterocycles. The van der Waals surface area contributed by atoms with Gasteiger partial charge in [0.2, 0.25) is 0 Å². The lowest BCUT2D eigenvalue weighted by molar-refractivity contribution is -0.110. The summed E-state index contributed by atoms with van der Waals surface area (Å²) in [4.78, 5) is 11.9. The normalized spacial score (nSPS) is 15.9. The second-order valence-electron chi connectivity index (χ2n) is 4.45. The van der Waals surface area contributed by atoms with Crippen molar-refractivity contribution < 1.29 is 9.21 Å². The molecule has 3 rings (SSSR count). The van der Waals surface area contributed by atoms with Crippen LogP contribution < -0.4 is 5.32 Å². The maximum absolute atomic E-state index is 11.9. The van der Waals surface area contributed by atoms with E-state index in [2.05, 4.69) is 5.32 Å². The second kappa shape index (κ2) is 3.88. The summed E-state index contributed by atoms with van der Waals surface area (Å²) in [5, 5.41) is 2.84. The zero-order valence-corrected chi connectivity index (χ0v) is 10.3. The van der Waals surface area contributed by atoms with E-state index in [-0.39, 0.29) is 5.91 Å². The van der Waals surface area contributed by atoms with Gasteiger partial charge in [0.05, 0.1) is 5.57 Å². The summed E-state index contributed by atoms with van der Waals surface area (Å²) in [5.41, 5.74) is 3.52. The van der Waals surface area contributed by atoms with Crippen LogP contribution in [0.4, 0.5) is 5.69 Å². The van der Waals surface area contributed by atoms with Crippen LogP contribution in [0.2, 0.25) is 0 Å². The first-order valence-corrected chi connectivity index (χ1v) is 5.84. The second-order valence-corrected chi connectivity index (χ2v) is 4.45. The van der Waals surface area contributed by atoms with Crippen LogP contribution in [0.15, 0.2) is 34.7 Å². The van der Waals surface area contributed by atoms with Gasteiger partial charge in [0.1, 0.15) is 11.5 Å². The molecule has 0 bridgehead atoms. The number of furan rings is 1. The van der Waals surface area contributed by atoms with E-state index in [1.807, 2.05) is 44.2 Å². The van der Waals surface area contributed by atoms with Crippen molar-refractivity contribution in [1.29, 1.82) is 0 Å². The fraction of sp³-hybridized carbons (Fsp3) is 0.133. The standard InChI is InChI=1S/C15H13NO2/c1-9-7-11(18-10(9)2)8-13-12-5-3-4-6-14(12)16-15(13)17/h3-8H,1-2H3,(H,16,17). The Morgan fingerprint density at radius 1 is 1.22 bits per heavy atom. The highest BCUT2D eigenvalue weighted by atomic mass is 16.3. The fourth-order valence-corrected chi connectivity index (χ4v) is 2.10. The third kappa shape index (κ3) is 1.64. The molecular weight excluding hydrogens is 226 g/mol. The van der Waals surface area contributed by atoms with Crippen LogP contribution in [-0.2, 0) is 4.79 Å². The van der Waals surface area contributed by atoms with E-state index in [1.54, 1.807) is 6.08 Å². The number of amides is 1. The fourth-order valence-electron chi connectivity index (χ4n) is 2.10. The predicted molar refractivity (Wildman–Crippen MR) is 71.1 cm³/mol. The SMILES string of the molecule is Cc1cc(C=C2C(=O)Nc3ccccc32)oc1C. The minimum absolute atomic E-state index is 0.0806. The Morgan fingerprint density at radius 3 is 2.72 bits per heavy atom. The van der Waals surface area contributed by atoms with Gasteiger partial charge in [0, 0.05) is 11.3 Å². The van der Waals surface area contributed by atoms with Crippen molar-refractivity contribution in [3.8, 4) is 0 Å². The molecule has 0 fully saturated rings. The van der Waals surface area contributed by atoms with Crippen molar-refractivity contribution in [1.82, 2.24) is 0 Å². The van der Waals surface area contributed by atoms with E-state index in [0.29, 0.717) is 11.3 Å². The third-order valence-corrected chi connectivity index (χ3v) is 3.18. The van der Waals surface area contributed by atoms with Crippen LogP contribution in [-0.4, -0.2) is 5.91 Å². The number of benzene rings is 1. The number of hydrogen-bond acceptors (Lipinski definition) is 2. The highest BCUT2D eigenvalue weighted by Gasteiger charge is 2.23. The summed E-state index contributed by atoms with van der Waals surface area (Å²) in [6, 6.07) is 9.60. The van der Waals surface area contributed by atoms with Crippen molar-refractivity contribution in [2.24, 2.45) is 0 Å². The largest absolute Gasteiger partial charge is 0.462 e. The number of rotatable bonds is 1. The van der Waals surface area contributed by atoms with Crippen LogP contribution in [0.1, 0.15) is 22.6 Å². The molecule has 3 heteroatoms. The maximum atomic E-state index is 11.9. The lowest BCUT2D eigenvalue weighted by atomic mass is 10.1. The molecule has 0 aliphatic carbocycles. The van der Waals surface area contributed by atoms with Crippen molar-refractivity contribution in [3.63, 3.8) is 0 Å². The zero-order chi connectivity index (χ0) is 12.7. The summed E-state index contributed by atoms with van der Waals surface area (Å²) >= 11 is 0. The van der Waals surface area contributed by atoms with Gasteiger partial charge < -0.3 is 9.73 Å². The van der Waals surface area contributed by atoms with Crippen LogP contribution in [0.25, 0.3) is 11.6 Å². The van der Waals surface area contributed by atoms with Gasteiger partial charge in [-0.25, -0.2) is 0 Å². The first-order valence-electron chi connectivity index (χ1n) is 5.84. The van der Waals surface area contributed by atoms with Crippen molar-refractivity contribution in [2.45, 2.75) is 13.8 Å². The quantitative estimate of drug-likeness (QED) is 0.775. The zero-order valence-electron chi connectivity index (χ0n) is 10.3. The van der Waals surface area contributed by atoms with Crippen molar-refractivity contribution >= 4 is 23.2 Å². The highest BCUT2D eigenvalue weighted by Crippen LogP contribution is 2.33. The van der Waals surface area contributed by atoms with Gasteiger partial charge in [-0.2, -0.15) is 0 Å². The molecule has 2 heterocycles. The molecule has 0 unspecified atom stereocenters. The molecule has 18 heavy (non-hydrogen) atoms. The van der Waals surface area contributed by atoms with E-state index < -0.39 is 0 Å². The Kier molecular flexibility index (Phi) is 2.33. The van der Waals surface area contributed by atoms with Crippen LogP contribution in [0, 0.1) is 13.8 Å². The van der Waals surface area contributed by atoms with Gasteiger partial charge in [0.15, 0.2) is 0 Å². The Labute approximate surface area is 105 Å². The summed E-state index contributed by atoms with van der Waals surface area (Å²) in [6.45, 7) is 3.91. The summed E-state index contributed by atoms with van der Waals surface area (Å²) < 4.78 is 5.58. The maximum Gasteiger partial charge on any atom is 0.256 e. The molecule has 0 radical (unpaired) electrons. The van der Waals surface area contributed by atoms with E-state index >= 15 is 0 Å². The number of hydrogen-bond donors (Lipinski definition) is 1. The van der Waals surface area contributed by atoms with Gasteiger partial charge in [-0.05, 0) is 37.6 Å². The number of para-hydroxylation sites is 1. The van der Waals surface area contributed by atoms with Crippen molar-refractivity contribution in [2.75, 3.05) is 5.32 Å². The summed E-state index contributed by atoms with van der Waals surface area (Å²) in [6.07, 6.45) is 1.79. The molecule has 1 aromatic carbocycles. The number of carbonyl (C=O) groups excluding carboxylic acids is 1. The number of nitrogens with one attached hydrogen (secondary N) is 1. The predicted octanol–water partition coefficient (Wildman–Crippen LogP) is 3.39. The van der Waals surface area contributed by atoms with Crippen LogP contribution >= 0.6 is 0 Å². The molecule has 0 saturated heterocycles. The third-order valence-electron chi connectivity index (χ3n) is 3.18. The molecule has 1 amide bonds. The summed E-state index contributed by atoms with van der Waals surface area (Å²) in [7, 11) is 0. The topological polar surface area (TPSA) is 42.2 Å². The molecule has 0 saturated carbocycles. The lowest BCUT2D eigenvalue weighted by Crippen LogP contribution is -2.03. The molecule has 90 valence electrons. The van der Waals surface area contributed by atoms with Gasteiger partial charge in [-0.3, -0.25) is 4.79 Å². The van der Waals surface area contributed by atoms with Gasteiger partial charge in [-0.15, -0.1) is 0 Å². The van der Waals surface area contributed by atoms with Crippen molar-refractivity contribution in [3.05, 3.63) is 53.0 Å². The number of aryl methyl sites for hydroxylation is 2. The highest BCUT2D eigenvalue weighted by molar-refractivity contribution is 6.34.